The molecule has 0 aromatic carbocycles. The van der Waals surface area contributed by atoms with Gasteiger partial charge in [0.25, 0.3) is 0 Å². The first-order valence-corrected chi connectivity index (χ1v) is 5.25. The molecule has 72 valence electrons. The molecule has 0 amide bonds. The van der Waals surface area contributed by atoms with E-state index >= 15 is 0 Å². The lowest BCUT2D eigenvalue weighted by Crippen LogP contribution is -2.15. The van der Waals surface area contributed by atoms with Crippen LogP contribution in [0.1, 0.15) is 19.4 Å². The quantitative estimate of drug-likeness (QED) is 0.754. The van der Waals surface area contributed by atoms with Crippen molar-refractivity contribution in [3.63, 3.8) is 0 Å². The Morgan fingerprint density at radius 1 is 1.46 bits per heavy atom. The molecule has 3 heteroatoms. The number of aromatic nitrogens is 1. The van der Waals surface area contributed by atoms with Crippen molar-refractivity contribution in [3.8, 4) is 0 Å². The first-order chi connectivity index (χ1) is 6.09. The number of nitrogens with zero attached hydrogens (tertiary/aromatic N) is 1. The minimum Gasteiger partial charge on any atom is -0.392 e. The van der Waals surface area contributed by atoms with Crippen LogP contribution in [-0.2, 0) is 0 Å². The number of aliphatic hydroxyl groups is 1. The molecule has 2 nitrogen and oxygen atoms in total. The highest BCUT2D eigenvalue weighted by Crippen LogP contribution is 2.23. The van der Waals surface area contributed by atoms with E-state index in [2.05, 4.69) is 4.98 Å². The molecule has 1 aromatic heterocycles. The van der Waals surface area contributed by atoms with E-state index in [1.807, 2.05) is 26.0 Å². The van der Waals surface area contributed by atoms with Crippen LogP contribution in [-0.4, -0.2) is 21.4 Å². The molecule has 1 rings (SSSR count). The fraction of sp³-hybridized carbons (Fsp3) is 0.500. The molecule has 0 saturated heterocycles. The fourth-order valence-corrected chi connectivity index (χ4v) is 1.82. The third-order valence-corrected chi connectivity index (χ3v) is 3.11. The maximum atomic E-state index is 9.30. The minimum atomic E-state index is -0.299. The second-order valence-corrected chi connectivity index (χ2v) is 4.63. The molecule has 1 aromatic rings. The maximum absolute atomic E-state index is 9.30. The molecule has 2 atom stereocenters. The number of hydrogen-bond donors (Lipinski definition) is 1. The average molecular weight is 197 g/mol. The van der Waals surface area contributed by atoms with Crippen molar-refractivity contribution in [1.82, 2.24) is 4.98 Å². The second-order valence-electron chi connectivity index (χ2n) is 3.24. The van der Waals surface area contributed by atoms with Crippen molar-refractivity contribution in [3.05, 3.63) is 23.9 Å². The zero-order valence-corrected chi connectivity index (χ0v) is 9.01. The lowest BCUT2D eigenvalue weighted by Gasteiger charge is -2.13. The van der Waals surface area contributed by atoms with Crippen molar-refractivity contribution in [2.75, 3.05) is 0 Å². The van der Waals surface area contributed by atoms with Gasteiger partial charge in [-0.2, -0.15) is 0 Å². The number of rotatable bonds is 3. The van der Waals surface area contributed by atoms with Gasteiger partial charge in [-0.15, -0.1) is 11.8 Å². The van der Waals surface area contributed by atoms with Gasteiger partial charge in [-0.25, -0.2) is 4.98 Å². The van der Waals surface area contributed by atoms with Crippen molar-refractivity contribution in [1.29, 1.82) is 0 Å². The Kier molecular flexibility index (Phi) is 3.75. The number of aliphatic hydroxyl groups excluding tert-OH is 1. The van der Waals surface area contributed by atoms with Crippen LogP contribution >= 0.6 is 11.8 Å². The van der Waals surface area contributed by atoms with Crippen molar-refractivity contribution in [2.45, 2.75) is 37.2 Å². The average Bonchev–Trinajstić information content (AvgIpc) is 2.04. The van der Waals surface area contributed by atoms with Crippen LogP contribution in [0.2, 0.25) is 0 Å². The third-order valence-electron chi connectivity index (χ3n) is 1.88. The molecule has 0 fully saturated rings. The Hall–Kier alpha value is -0.540. The minimum absolute atomic E-state index is 0.189. The van der Waals surface area contributed by atoms with E-state index in [0.29, 0.717) is 0 Å². The van der Waals surface area contributed by atoms with Gasteiger partial charge >= 0.3 is 0 Å². The summed E-state index contributed by atoms with van der Waals surface area (Å²) < 4.78 is 0. The molecule has 0 saturated carbocycles. The summed E-state index contributed by atoms with van der Waals surface area (Å²) in [5, 5.41) is 10.5. The van der Waals surface area contributed by atoms with Crippen molar-refractivity contribution < 1.29 is 5.11 Å². The van der Waals surface area contributed by atoms with Gasteiger partial charge in [0, 0.05) is 11.4 Å². The van der Waals surface area contributed by atoms with E-state index in [4.69, 9.17) is 0 Å². The van der Waals surface area contributed by atoms with Gasteiger partial charge in [-0.3, -0.25) is 0 Å². The second kappa shape index (κ2) is 4.63. The molecule has 0 aliphatic rings. The molecule has 13 heavy (non-hydrogen) atoms. The predicted octanol–water partition coefficient (Wildman–Crippen LogP) is 2.25. The molecule has 0 bridgehead atoms. The van der Waals surface area contributed by atoms with Gasteiger partial charge in [-0.05, 0) is 31.5 Å². The molecule has 1 heterocycles. The Labute approximate surface area is 83.4 Å². The van der Waals surface area contributed by atoms with E-state index in [0.717, 1.165) is 5.03 Å². The highest BCUT2D eigenvalue weighted by molar-refractivity contribution is 7.99. The zero-order chi connectivity index (χ0) is 9.84. The van der Waals surface area contributed by atoms with E-state index in [1.165, 1.54) is 5.56 Å². The lowest BCUT2D eigenvalue weighted by molar-refractivity contribution is 0.196. The summed E-state index contributed by atoms with van der Waals surface area (Å²) in [6.45, 7) is 5.84. The Morgan fingerprint density at radius 3 is 2.69 bits per heavy atom. The highest BCUT2D eigenvalue weighted by atomic mass is 32.2. The standard InChI is InChI=1S/C10H15NOS/c1-7-4-5-11-10(6-7)13-9(3)8(2)12/h4-6,8-9,12H,1-3H3. The topological polar surface area (TPSA) is 33.1 Å². The zero-order valence-electron chi connectivity index (χ0n) is 8.19. The molecule has 0 radical (unpaired) electrons. The molecule has 0 spiro atoms. The summed E-state index contributed by atoms with van der Waals surface area (Å²) in [5.41, 5.74) is 1.20. The van der Waals surface area contributed by atoms with E-state index in [-0.39, 0.29) is 11.4 Å². The van der Waals surface area contributed by atoms with Crippen LogP contribution in [0.5, 0.6) is 0 Å². The fourth-order valence-electron chi connectivity index (χ4n) is 0.862. The van der Waals surface area contributed by atoms with Crippen LogP contribution in [0.25, 0.3) is 0 Å². The highest BCUT2D eigenvalue weighted by Gasteiger charge is 2.10. The summed E-state index contributed by atoms with van der Waals surface area (Å²) in [6.07, 6.45) is 1.50. The van der Waals surface area contributed by atoms with Crippen LogP contribution < -0.4 is 0 Å². The number of aryl methyl sites for hydroxylation is 1. The summed E-state index contributed by atoms with van der Waals surface area (Å²) in [4.78, 5) is 4.21. The smallest absolute Gasteiger partial charge is 0.0965 e. The van der Waals surface area contributed by atoms with Gasteiger partial charge in [0.1, 0.15) is 0 Å². The summed E-state index contributed by atoms with van der Waals surface area (Å²) in [6, 6.07) is 4.00. The van der Waals surface area contributed by atoms with E-state index in [1.54, 1.807) is 24.9 Å². The molecule has 0 aliphatic heterocycles. The van der Waals surface area contributed by atoms with Gasteiger partial charge in [0.15, 0.2) is 0 Å². The SMILES string of the molecule is Cc1ccnc(SC(C)C(C)O)c1. The van der Waals surface area contributed by atoms with Crippen LogP contribution in [0.3, 0.4) is 0 Å². The van der Waals surface area contributed by atoms with Gasteiger partial charge in [0.2, 0.25) is 0 Å². The summed E-state index contributed by atoms with van der Waals surface area (Å²) in [5.74, 6) is 0. The van der Waals surface area contributed by atoms with Gasteiger partial charge in [-0.1, -0.05) is 6.92 Å². The Morgan fingerprint density at radius 2 is 2.15 bits per heavy atom. The summed E-state index contributed by atoms with van der Waals surface area (Å²) in [7, 11) is 0. The Balaban J connectivity index is 2.64. The Bertz CT molecular complexity index is 275. The normalized spacial score (nSPS) is 15.4. The van der Waals surface area contributed by atoms with Crippen LogP contribution in [0.4, 0.5) is 0 Å². The predicted molar refractivity (Wildman–Crippen MR) is 56.0 cm³/mol. The van der Waals surface area contributed by atoms with Crippen molar-refractivity contribution >= 4 is 11.8 Å². The van der Waals surface area contributed by atoms with E-state index < -0.39 is 0 Å². The number of hydrogen-bond acceptors (Lipinski definition) is 3. The lowest BCUT2D eigenvalue weighted by atomic mass is 10.3. The first kappa shape index (κ1) is 10.5. The van der Waals surface area contributed by atoms with Gasteiger partial charge in [0.05, 0.1) is 11.1 Å². The molecular formula is C10H15NOS. The molecular weight excluding hydrogens is 182 g/mol. The van der Waals surface area contributed by atoms with Crippen molar-refractivity contribution in [2.24, 2.45) is 0 Å². The monoisotopic (exact) mass is 197 g/mol. The number of pyridine rings is 1. The third kappa shape index (κ3) is 3.36. The number of thioether (sulfide) groups is 1. The van der Waals surface area contributed by atoms with E-state index in [9.17, 15) is 5.11 Å². The molecule has 2 unspecified atom stereocenters. The largest absolute Gasteiger partial charge is 0.392 e. The summed E-state index contributed by atoms with van der Waals surface area (Å²) >= 11 is 1.60. The first-order valence-electron chi connectivity index (χ1n) is 4.37. The molecule has 0 aliphatic carbocycles. The maximum Gasteiger partial charge on any atom is 0.0965 e. The van der Waals surface area contributed by atoms with Crippen LogP contribution in [0.15, 0.2) is 23.4 Å². The molecule has 1 N–H and O–H groups in total. The van der Waals surface area contributed by atoms with Gasteiger partial charge < -0.3 is 5.11 Å². The van der Waals surface area contributed by atoms with Crippen LogP contribution in [0, 0.1) is 6.92 Å².